The number of imidazole rings is 3. The van der Waals surface area contributed by atoms with Crippen molar-refractivity contribution >= 4 is 137 Å². The Kier molecular flexibility index (Phi) is 16.5. The lowest BCUT2D eigenvalue weighted by molar-refractivity contribution is 0.0696. The largest absolute Gasteiger partial charge is 0.478 e. The molecule has 0 unspecified atom stereocenters. The third-order valence-corrected chi connectivity index (χ3v) is 12.6. The van der Waals surface area contributed by atoms with E-state index in [-0.39, 0.29) is 17.4 Å². The molecule has 5 heterocycles. The molecule has 3 amide bonds. The summed E-state index contributed by atoms with van der Waals surface area (Å²) in [7, 11) is 7.36. The van der Waals surface area contributed by atoms with Gasteiger partial charge in [0.2, 0.25) is 9.23 Å². The molecule has 11 N–H and O–H groups in total. The van der Waals surface area contributed by atoms with Crippen LogP contribution < -0.4 is 22.5 Å². The summed E-state index contributed by atoms with van der Waals surface area (Å²) in [5.74, 6) is -2.04. The molecule has 0 spiro atoms. The standard InChI is InChI=1S/C17H16N4O2S.C9H12N2OS.C8H5ClN2O.C8H6N2O2.Cl2OS/c18-15(22)14-10-3-1-2-4-13(10)24-17(14)21-16(23)9-5-6-11-12(7-9)20-8-19-11;10-8(12)7-5-3-1-2-4-6(5)13-9(7)11;9-8(12)5-1-2-6-7(3-5)11-4-10-6;11-8(12)5-1-2-6-7(3-5)10-4-9-6;1-4(2)3/h5-8H,1-4H2,(H2,18,22)(H,19,20)(H,21,23);1-4,11H2,(H2,10,12);1-4H,(H,10,11);1-4H,(H,9,10)(H,11,12);. The Morgan fingerprint density at radius 1 is 0.646 bits per heavy atom. The zero-order chi connectivity index (χ0) is 46.8. The summed E-state index contributed by atoms with van der Waals surface area (Å²) in [6.45, 7) is 0. The van der Waals surface area contributed by atoms with Crippen molar-refractivity contribution in [2.45, 2.75) is 51.4 Å². The summed E-state index contributed by atoms with van der Waals surface area (Å²) in [6.07, 6.45) is 13.0. The number of benzene rings is 3. The molecule has 10 rings (SSSR count). The van der Waals surface area contributed by atoms with Crippen molar-refractivity contribution in [2.75, 3.05) is 11.1 Å². The maximum absolute atomic E-state index is 12.6. The number of fused-ring (bicyclic) bond motifs is 5. The maximum Gasteiger partial charge on any atom is 0.335 e. The van der Waals surface area contributed by atoms with Gasteiger partial charge in [0.1, 0.15) is 5.00 Å². The SMILES string of the molecule is NC(=O)c1c(N)sc2c1CCCC2.NC(=O)c1c(NC(=O)c2ccc3nc[nH]c3c2)sc2c1CCCC2.O=C(Cl)c1ccc2nc[nH]c2c1.O=C(O)c1ccc2nc[nH]c2c1.O=S(Cl)Cl. The van der Waals surface area contributed by atoms with Gasteiger partial charge in [-0.2, -0.15) is 0 Å². The minimum absolute atomic E-state index is 0.257. The highest BCUT2D eigenvalue weighted by Gasteiger charge is 2.26. The molecule has 65 heavy (non-hydrogen) atoms. The summed E-state index contributed by atoms with van der Waals surface area (Å²) >= 11 is 8.29. The average molecular weight is 998 g/mol. The Balaban J connectivity index is 0.000000147. The van der Waals surface area contributed by atoms with E-state index in [1.807, 2.05) is 0 Å². The molecule has 338 valence electrons. The molecular weight excluding hydrogens is 959 g/mol. The molecule has 2 aliphatic carbocycles. The number of nitrogens with two attached hydrogens (primary N) is 3. The summed E-state index contributed by atoms with van der Waals surface area (Å²) in [5.41, 5.74) is 25.8. The van der Waals surface area contributed by atoms with E-state index in [0.717, 1.165) is 94.1 Å². The Labute approximate surface area is 393 Å². The molecule has 5 aromatic heterocycles. The number of hydrogen-bond acceptors (Lipinski definition) is 12. The minimum atomic E-state index is -1.67. The van der Waals surface area contributed by atoms with Crippen LogP contribution in [0.15, 0.2) is 73.6 Å². The van der Waals surface area contributed by atoms with Crippen LogP contribution in [0.25, 0.3) is 33.1 Å². The number of rotatable bonds is 6. The number of aryl methyl sites for hydroxylation is 2. The topological polar surface area (TPSA) is 299 Å². The van der Waals surface area contributed by atoms with E-state index in [1.165, 1.54) is 46.4 Å². The number of nitrogens with one attached hydrogen (secondary N) is 4. The predicted octanol–water partition coefficient (Wildman–Crippen LogP) is 8.41. The number of hydrogen-bond donors (Lipinski definition) is 8. The van der Waals surface area contributed by atoms with Crippen molar-refractivity contribution in [3.8, 4) is 0 Å². The molecule has 3 aromatic carbocycles. The normalized spacial score (nSPS) is 12.5. The smallest absolute Gasteiger partial charge is 0.335 e. The zero-order valence-corrected chi connectivity index (χ0v) is 38.6. The molecule has 0 saturated carbocycles. The number of aromatic nitrogens is 6. The summed E-state index contributed by atoms with van der Waals surface area (Å²) in [5, 5.41) is 12.2. The van der Waals surface area contributed by atoms with E-state index in [4.69, 9.17) is 38.1 Å². The molecule has 0 saturated heterocycles. The van der Waals surface area contributed by atoms with E-state index in [9.17, 15) is 24.0 Å². The molecule has 2 aliphatic rings. The number of H-pyrrole nitrogens is 3. The van der Waals surface area contributed by atoms with Gasteiger partial charge in [-0.3, -0.25) is 19.2 Å². The van der Waals surface area contributed by atoms with Crippen molar-refractivity contribution < 1.29 is 33.3 Å². The Morgan fingerprint density at radius 3 is 1.54 bits per heavy atom. The highest BCUT2D eigenvalue weighted by molar-refractivity contribution is 8.26. The van der Waals surface area contributed by atoms with Crippen LogP contribution in [0.3, 0.4) is 0 Å². The lowest BCUT2D eigenvalue weighted by Crippen LogP contribution is -2.18. The average Bonchev–Trinajstić information content (AvgIpc) is 4.12. The first-order chi connectivity index (χ1) is 31.1. The molecule has 0 fully saturated rings. The maximum atomic E-state index is 12.6. The Hall–Kier alpha value is -6.16. The molecule has 0 aliphatic heterocycles. The Bertz CT molecular complexity index is 2980. The number of anilines is 2. The van der Waals surface area contributed by atoms with E-state index in [1.54, 1.807) is 61.2 Å². The summed E-state index contributed by atoms with van der Waals surface area (Å²) < 4.78 is 9.09. The van der Waals surface area contributed by atoms with E-state index >= 15 is 0 Å². The number of aromatic carboxylic acids is 1. The minimum Gasteiger partial charge on any atom is -0.478 e. The third-order valence-electron chi connectivity index (χ3n) is 10.1. The van der Waals surface area contributed by atoms with Gasteiger partial charge >= 0.3 is 5.97 Å². The molecule has 17 nitrogen and oxygen atoms in total. The van der Waals surface area contributed by atoms with Gasteiger partial charge in [-0.25, -0.2) is 24.0 Å². The van der Waals surface area contributed by atoms with Gasteiger partial charge in [0, 0.05) is 42.2 Å². The van der Waals surface area contributed by atoms with Crippen LogP contribution in [0.5, 0.6) is 0 Å². The number of aromatic amines is 3. The van der Waals surface area contributed by atoms with Crippen molar-refractivity contribution in [1.82, 2.24) is 29.9 Å². The second kappa shape index (κ2) is 22.2. The summed E-state index contributed by atoms with van der Waals surface area (Å²) in [4.78, 5) is 80.1. The van der Waals surface area contributed by atoms with Crippen LogP contribution in [-0.4, -0.2) is 68.2 Å². The third kappa shape index (κ3) is 12.4. The highest BCUT2D eigenvalue weighted by Crippen LogP contribution is 2.38. The second-order valence-electron chi connectivity index (χ2n) is 14.2. The first-order valence-corrected chi connectivity index (χ1v) is 24.3. The number of carbonyl (C=O) groups is 5. The van der Waals surface area contributed by atoms with Gasteiger partial charge in [-0.05, 0) is 129 Å². The van der Waals surface area contributed by atoms with Crippen LogP contribution in [0.2, 0.25) is 0 Å². The van der Waals surface area contributed by atoms with Crippen LogP contribution >= 0.6 is 55.6 Å². The predicted molar refractivity (Wildman–Crippen MR) is 257 cm³/mol. The molecule has 0 atom stereocenters. The number of thiophene rings is 2. The number of carbonyl (C=O) groups excluding carboxylic acids is 4. The van der Waals surface area contributed by atoms with Crippen LogP contribution in [0.1, 0.15) is 98.4 Å². The fourth-order valence-electron chi connectivity index (χ4n) is 7.15. The number of halogens is 3. The van der Waals surface area contributed by atoms with Gasteiger partial charge in [-0.15, -0.1) is 22.7 Å². The second-order valence-corrected chi connectivity index (χ2v) is 19.3. The highest BCUT2D eigenvalue weighted by atomic mass is 36.0. The lowest BCUT2D eigenvalue weighted by atomic mass is 9.95. The molecule has 0 radical (unpaired) electrons. The van der Waals surface area contributed by atoms with Gasteiger partial charge in [0.15, 0.2) is 0 Å². The van der Waals surface area contributed by atoms with E-state index in [2.05, 4.69) is 56.6 Å². The monoisotopic (exact) mass is 996 g/mol. The van der Waals surface area contributed by atoms with Gasteiger partial charge in [0.25, 0.3) is 23.0 Å². The summed E-state index contributed by atoms with van der Waals surface area (Å²) in [6, 6.07) is 15.1. The van der Waals surface area contributed by atoms with Crippen molar-refractivity contribution in [3.05, 3.63) is 122 Å². The van der Waals surface area contributed by atoms with Crippen LogP contribution in [0, 0.1) is 0 Å². The quantitative estimate of drug-likeness (QED) is 0.0731. The molecular formula is C42H39Cl3N10O7S3. The van der Waals surface area contributed by atoms with Crippen molar-refractivity contribution in [2.24, 2.45) is 11.5 Å². The molecule has 0 bridgehead atoms. The number of nitrogen functional groups attached to an aromatic ring is 1. The van der Waals surface area contributed by atoms with Crippen molar-refractivity contribution in [3.63, 3.8) is 0 Å². The Morgan fingerprint density at radius 2 is 1.06 bits per heavy atom. The van der Waals surface area contributed by atoms with E-state index < -0.39 is 26.3 Å². The fraction of sp³-hybridized carbons (Fsp3) is 0.190. The van der Waals surface area contributed by atoms with Gasteiger partial charge in [0.05, 0.1) is 73.8 Å². The van der Waals surface area contributed by atoms with Crippen molar-refractivity contribution in [1.29, 1.82) is 0 Å². The van der Waals surface area contributed by atoms with E-state index in [0.29, 0.717) is 32.3 Å². The number of carboxylic acids is 1. The number of nitrogens with zero attached hydrogens (tertiary/aromatic N) is 3. The number of carboxylic acid groups (broad SMARTS) is 1. The van der Waals surface area contributed by atoms with Crippen LogP contribution in [0.4, 0.5) is 10.0 Å². The first-order valence-electron chi connectivity index (χ1n) is 19.5. The zero-order valence-electron chi connectivity index (χ0n) is 33.9. The van der Waals surface area contributed by atoms with Gasteiger partial charge in [-0.1, -0.05) is 0 Å². The van der Waals surface area contributed by atoms with Crippen LogP contribution in [-0.2, 0) is 34.9 Å². The fourth-order valence-corrected chi connectivity index (χ4v) is 9.72. The number of primary amides is 2. The number of amides is 3. The molecule has 23 heteroatoms. The lowest BCUT2D eigenvalue weighted by Gasteiger charge is -2.11. The first kappa shape index (κ1) is 48.3. The van der Waals surface area contributed by atoms with Gasteiger partial charge < -0.3 is 42.6 Å². The molecule has 8 aromatic rings.